The molecule has 0 radical (unpaired) electrons. The van der Waals surface area contributed by atoms with Crippen LogP contribution in [0.25, 0.3) is 11.4 Å². The molecule has 2 aromatic carbocycles. The van der Waals surface area contributed by atoms with Crippen LogP contribution in [0.1, 0.15) is 30.3 Å². The fourth-order valence-corrected chi connectivity index (χ4v) is 3.56. The van der Waals surface area contributed by atoms with E-state index >= 15 is 0 Å². The molecule has 3 aromatic rings. The predicted octanol–water partition coefficient (Wildman–Crippen LogP) is 4.44. The lowest BCUT2D eigenvalue weighted by atomic mass is 10.2. The van der Waals surface area contributed by atoms with E-state index in [0.717, 1.165) is 24.0 Å². The van der Waals surface area contributed by atoms with Crippen molar-refractivity contribution in [3.05, 3.63) is 65.0 Å². The van der Waals surface area contributed by atoms with Crippen LogP contribution in [0.2, 0.25) is 5.02 Å². The van der Waals surface area contributed by atoms with Crippen LogP contribution in [0.15, 0.2) is 53.1 Å². The molecule has 1 aliphatic rings. The van der Waals surface area contributed by atoms with Gasteiger partial charge in [-0.15, -0.1) is 0 Å². The Balaban J connectivity index is 1.45. The molecular formula is C21H20ClN3O3. The fourth-order valence-electron chi connectivity index (χ4n) is 3.37. The van der Waals surface area contributed by atoms with E-state index in [0.29, 0.717) is 29.0 Å². The lowest BCUT2D eigenvalue weighted by Crippen LogP contribution is -2.34. The topological polar surface area (TPSA) is 68.5 Å². The molecule has 7 heteroatoms. The van der Waals surface area contributed by atoms with Gasteiger partial charge >= 0.3 is 0 Å². The van der Waals surface area contributed by atoms with Gasteiger partial charge in [-0.3, -0.25) is 4.79 Å². The monoisotopic (exact) mass is 397 g/mol. The summed E-state index contributed by atoms with van der Waals surface area (Å²) >= 11 is 6.04. The van der Waals surface area contributed by atoms with E-state index in [9.17, 15) is 4.79 Å². The number of carbonyl (C=O) groups is 1. The molecule has 0 bridgehead atoms. The standard InChI is InChI=1S/C21H20ClN3O3/c1-14-5-2-8-17(11-14)27-13-19(26)25-10-4-9-18(25)21-23-20(24-28-21)15-6-3-7-16(22)12-15/h2-3,5-8,11-12,18H,4,9-10,13H2,1H3/t18-/m1/s1. The second kappa shape index (κ2) is 8.02. The van der Waals surface area contributed by atoms with Crippen molar-refractivity contribution in [1.82, 2.24) is 15.0 Å². The minimum Gasteiger partial charge on any atom is -0.484 e. The summed E-state index contributed by atoms with van der Waals surface area (Å²) < 4.78 is 11.1. The third-order valence-corrected chi connectivity index (χ3v) is 4.97. The first-order valence-corrected chi connectivity index (χ1v) is 9.56. The van der Waals surface area contributed by atoms with Crippen LogP contribution in [0.4, 0.5) is 0 Å². The minimum absolute atomic E-state index is 0.0186. The maximum absolute atomic E-state index is 12.7. The number of carbonyl (C=O) groups excluding carboxylic acids is 1. The number of amides is 1. The Bertz CT molecular complexity index is 988. The van der Waals surface area contributed by atoms with Crippen LogP contribution >= 0.6 is 11.6 Å². The summed E-state index contributed by atoms with van der Waals surface area (Å²) in [4.78, 5) is 19.0. The highest BCUT2D eigenvalue weighted by Gasteiger charge is 2.34. The van der Waals surface area contributed by atoms with Crippen molar-refractivity contribution in [2.24, 2.45) is 0 Å². The number of ether oxygens (including phenoxy) is 1. The molecule has 28 heavy (non-hydrogen) atoms. The summed E-state index contributed by atoms with van der Waals surface area (Å²) in [6.07, 6.45) is 1.67. The van der Waals surface area contributed by atoms with E-state index < -0.39 is 0 Å². The number of hydrogen-bond acceptors (Lipinski definition) is 5. The van der Waals surface area contributed by atoms with Gasteiger partial charge in [0.25, 0.3) is 5.91 Å². The van der Waals surface area contributed by atoms with Gasteiger partial charge < -0.3 is 14.2 Å². The van der Waals surface area contributed by atoms with Crippen LogP contribution in [0.3, 0.4) is 0 Å². The molecule has 2 heterocycles. The van der Waals surface area contributed by atoms with Crippen LogP contribution in [-0.2, 0) is 4.79 Å². The van der Waals surface area contributed by atoms with Crippen LogP contribution in [0.5, 0.6) is 5.75 Å². The van der Waals surface area contributed by atoms with E-state index in [4.69, 9.17) is 20.9 Å². The van der Waals surface area contributed by atoms with Gasteiger partial charge in [0.2, 0.25) is 11.7 Å². The van der Waals surface area contributed by atoms with Crippen molar-refractivity contribution in [3.63, 3.8) is 0 Å². The number of aryl methyl sites for hydroxylation is 1. The molecule has 1 amide bonds. The number of nitrogens with zero attached hydrogens (tertiary/aromatic N) is 3. The summed E-state index contributed by atoms with van der Waals surface area (Å²) in [7, 11) is 0. The first-order chi connectivity index (χ1) is 13.6. The Morgan fingerprint density at radius 2 is 2.14 bits per heavy atom. The van der Waals surface area contributed by atoms with Gasteiger partial charge in [-0.2, -0.15) is 4.98 Å². The van der Waals surface area contributed by atoms with Crippen LogP contribution in [-0.4, -0.2) is 34.1 Å². The van der Waals surface area contributed by atoms with E-state index in [1.165, 1.54) is 0 Å². The number of benzene rings is 2. The van der Waals surface area contributed by atoms with Gasteiger partial charge in [0.15, 0.2) is 6.61 Å². The van der Waals surface area contributed by atoms with E-state index in [-0.39, 0.29) is 18.6 Å². The zero-order valence-corrected chi connectivity index (χ0v) is 16.2. The maximum Gasteiger partial charge on any atom is 0.261 e. The van der Waals surface area contributed by atoms with E-state index in [1.807, 2.05) is 43.3 Å². The molecule has 1 saturated heterocycles. The normalized spacial score (nSPS) is 16.4. The Kier molecular flexibility index (Phi) is 5.30. The molecule has 0 saturated carbocycles. The summed E-state index contributed by atoms with van der Waals surface area (Å²) in [5.41, 5.74) is 1.87. The molecule has 1 aromatic heterocycles. The minimum atomic E-state index is -0.228. The highest BCUT2D eigenvalue weighted by molar-refractivity contribution is 6.30. The van der Waals surface area contributed by atoms with Gasteiger partial charge in [-0.25, -0.2) is 0 Å². The smallest absolute Gasteiger partial charge is 0.261 e. The second-order valence-corrected chi connectivity index (χ2v) is 7.25. The molecule has 0 unspecified atom stereocenters. The number of hydrogen-bond donors (Lipinski definition) is 0. The Morgan fingerprint density at radius 1 is 1.29 bits per heavy atom. The van der Waals surface area contributed by atoms with Gasteiger partial charge in [0, 0.05) is 17.1 Å². The molecule has 1 atom stereocenters. The van der Waals surface area contributed by atoms with Crippen molar-refractivity contribution in [1.29, 1.82) is 0 Å². The molecule has 6 nitrogen and oxygen atoms in total. The third kappa shape index (κ3) is 4.02. The molecule has 1 aliphatic heterocycles. The molecule has 0 N–H and O–H groups in total. The number of rotatable bonds is 5. The zero-order chi connectivity index (χ0) is 19.5. The van der Waals surface area contributed by atoms with Gasteiger partial charge in [-0.1, -0.05) is 41.0 Å². The average Bonchev–Trinajstić information content (AvgIpc) is 3.35. The lowest BCUT2D eigenvalue weighted by Gasteiger charge is -2.21. The molecular weight excluding hydrogens is 378 g/mol. The van der Waals surface area contributed by atoms with Crippen LogP contribution in [0, 0.1) is 6.92 Å². The molecule has 0 spiro atoms. The highest BCUT2D eigenvalue weighted by atomic mass is 35.5. The van der Waals surface area contributed by atoms with Gasteiger partial charge in [0.1, 0.15) is 11.8 Å². The van der Waals surface area contributed by atoms with Crippen LogP contribution < -0.4 is 4.74 Å². The average molecular weight is 398 g/mol. The summed E-state index contributed by atoms with van der Waals surface area (Å²) in [6.45, 7) is 2.61. The first kappa shape index (κ1) is 18.5. The Labute approximate surface area is 168 Å². The largest absolute Gasteiger partial charge is 0.484 e. The molecule has 0 aliphatic carbocycles. The third-order valence-electron chi connectivity index (χ3n) is 4.73. The predicted molar refractivity (Wildman–Crippen MR) is 105 cm³/mol. The zero-order valence-electron chi connectivity index (χ0n) is 15.5. The Hall–Kier alpha value is -2.86. The number of aromatic nitrogens is 2. The molecule has 4 rings (SSSR count). The maximum atomic E-state index is 12.7. The van der Waals surface area contributed by atoms with Crippen molar-refractivity contribution >= 4 is 17.5 Å². The lowest BCUT2D eigenvalue weighted by molar-refractivity contribution is -0.134. The molecule has 1 fully saturated rings. The van der Waals surface area contributed by atoms with E-state index in [1.54, 1.807) is 17.0 Å². The van der Waals surface area contributed by atoms with Gasteiger partial charge in [0.05, 0.1) is 0 Å². The fraction of sp³-hybridized carbons (Fsp3) is 0.286. The van der Waals surface area contributed by atoms with Gasteiger partial charge in [-0.05, 0) is 49.6 Å². The number of halogens is 1. The summed E-state index contributed by atoms with van der Waals surface area (Å²) in [5, 5.41) is 4.66. The van der Waals surface area contributed by atoms with Crippen molar-refractivity contribution in [2.45, 2.75) is 25.8 Å². The SMILES string of the molecule is Cc1cccc(OCC(=O)N2CCC[C@@H]2c2nc(-c3cccc(Cl)c3)no2)c1. The number of likely N-dealkylation sites (tertiary alicyclic amines) is 1. The molecule has 144 valence electrons. The van der Waals surface area contributed by atoms with Crippen molar-refractivity contribution in [2.75, 3.05) is 13.2 Å². The first-order valence-electron chi connectivity index (χ1n) is 9.18. The summed E-state index contributed by atoms with van der Waals surface area (Å²) in [5.74, 6) is 1.50. The summed E-state index contributed by atoms with van der Waals surface area (Å²) in [6, 6.07) is 14.7. The Morgan fingerprint density at radius 3 is 2.96 bits per heavy atom. The van der Waals surface area contributed by atoms with Crippen molar-refractivity contribution in [3.8, 4) is 17.1 Å². The van der Waals surface area contributed by atoms with Crippen molar-refractivity contribution < 1.29 is 14.1 Å². The quantitative estimate of drug-likeness (QED) is 0.636. The second-order valence-electron chi connectivity index (χ2n) is 6.82. The van der Waals surface area contributed by atoms with E-state index in [2.05, 4.69) is 10.1 Å². The highest BCUT2D eigenvalue weighted by Crippen LogP contribution is 2.32.